The fourth-order valence-corrected chi connectivity index (χ4v) is 1.62. The number of aromatic nitrogens is 1. The van der Waals surface area contributed by atoms with E-state index in [1.165, 1.54) is 6.20 Å². The van der Waals surface area contributed by atoms with E-state index < -0.39 is 0 Å². The molecule has 1 aromatic carbocycles. The van der Waals surface area contributed by atoms with Crippen LogP contribution < -0.4 is 10.6 Å². The Kier molecular flexibility index (Phi) is 3.28. The fraction of sp³-hybridized carbons (Fsp3) is 0.143. The molecule has 2 rings (SSSR count). The minimum Gasteiger partial charge on any atom is -0.399 e. The van der Waals surface area contributed by atoms with Gasteiger partial charge in [0.1, 0.15) is 5.69 Å². The second-order valence-electron chi connectivity index (χ2n) is 4.17. The molecule has 0 aliphatic rings. The number of benzene rings is 1. The molecule has 0 unspecified atom stereocenters. The first-order chi connectivity index (χ1) is 8.58. The van der Waals surface area contributed by atoms with Gasteiger partial charge in [-0.3, -0.25) is 9.78 Å². The third-order valence-electron chi connectivity index (χ3n) is 2.73. The Hall–Kier alpha value is -2.36. The predicted molar refractivity (Wildman–Crippen MR) is 72.6 cm³/mol. The Labute approximate surface area is 106 Å². The Morgan fingerprint density at radius 2 is 1.89 bits per heavy atom. The molecule has 0 radical (unpaired) electrons. The SMILES string of the molecule is Cc1ccc(N(C)C(=O)c2cc(N)ccn2)cc1. The van der Waals surface area contributed by atoms with E-state index in [0.29, 0.717) is 11.4 Å². The summed E-state index contributed by atoms with van der Waals surface area (Å²) in [6, 6.07) is 11.0. The molecule has 1 heterocycles. The monoisotopic (exact) mass is 241 g/mol. The van der Waals surface area contributed by atoms with E-state index in [2.05, 4.69) is 4.98 Å². The van der Waals surface area contributed by atoms with Gasteiger partial charge in [0.25, 0.3) is 5.91 Å². The highest BCUT2D eigenvalue weighted by Crippen LogP contribution is 2.16. The zero-order chi connectivity index (χ0) is 13.1. The second-order valence-corrected chi connectivity index (χ2v) is 4.17. The Bertz CT molecular complexity index is 564. The van der Waals surface area contributed by atoms with Gasteiger partial charge in [0.2, 0.25) is 0 Å². The molecule has 2 N–H and O–H groups in total. The minimum absolute atomic E-state index is 0.175. The topological polar surface area (TPSA) is 59.2 Å². The van der Waals surface area contributed by atoms with Crippen molar-refractivity contribution in [1.82, 2.24) is 4.98 Å². The first kappa shape index (κ1) is 12.1. The molecule has 18 heavy (non-hydrogen) atoms. The molecule has 0 saturated heterocycles. The highest BCUT2D eigenvalue weighted by atomic mass is 16.2. The number of aryl methyl sites for hydroxylation is 1. The maximum Gasteiger partial charge on any atom is 0.276 e. The molecule has 0 saturated carbocycles. The molecule has 0 fully saturated rings. The number of anilines is 2. The summed E-state index contributed by atoms with van der Waals surface area (Å²) in [5.74, 6) is -0.175. The van der Waals surface area contributed by atoms with Crippen LogP contribution >= 0.6 is 0 Å². The Morgan fingerprint density at radius 3 is 2.50 bits per heavy atom. The summed E-state index contributed by atoms with van der Waals surface area (Å²) in [7, 11) is 1.72. The molecular formula is C14H15N3O. The summed E-state index contributed by atoms with van der Waals surface area (Å²) in [5.41, 5.74) is 8.51. The van der Waals surface area contributed by atoms with Crippen molar-refractivity contribution < 1.29 is 4.79 Å². The summed E-state index contributed by atoms with van der Waals surface area (Å²) in [4.78, 5) is 17.8. The lowest BCUT2D eigenvalue weighted by Crippen LogP contribution is -2.27. The van der Waals surface area contributed by atoms with E-state index in [9.17, 15) is 4.79 Å². The van der Waals surface area contributed by atoms with E-state index in [1.54, 1.807) is 24.1 Å². The van der Waals surface area contributed by atoms with Crippen LogP contribution in [0.25, 0.3) is 0 Å². The van der Waals surface area contributed by atoms with Gasteiger partial charge in [-0.25, -0.2) is 0 Å². The summed E-state index contributed by atoms with van der Waals surface area (Å²) < 4.78 is 0. The first-order valence-electron chi connectivity index (χ1n) is 5.64. The van der Waals surface area contributed by atoms with Gasteiger partial charge in [-0.2, -0.15) is 0 Å². The number of rotatable bonds is 2. The first-order valence-corrected chi connectivity index (χ1v) is 5.64. The van der Waals surface area contributed by atoms with Gasteiger partial charge in [0, 0.05) is 24.6 Å². The number of carbonyl (C=O) groups excluding carboxylic acids is 1. The average molecular weight is 241 g/mol. The van der Waals surface area contributed by atoms with Gasteiger partial charge in [0.15, 0.2) is 0 Å². The molecule has 1 amide bonds. The van der Waals surface area contributed by atoms with Gasteiger partial charge in [-0.1, -0.05) is 17.7 Å². The predicted octanol–water partition coefficient (Wildman–Crippen LogP) is 2.25. The average Bonchev–Trinajstić information content (AvgIpc) is 2.38. The van der Waals surface area contributed by atoms with Crippen molar-refractivity contribution >= 4 is 17.3 Å². The zero-order valence-corrected chi connectivity index (χ0v) is 10.4. The van der Waals surface area contributed by atoms with Crippen molar-refractivity contribution in [1.29, 1.82) is 0 Å². The molecule has 0 spiro atoms. The molecular weight excluding hydrogens is 226 g/mol. The Balaban J connectivity index is 2.26. The molecule has 4 nitrogen and oxygen atoms in total. The van der Waals surface area contributed by atoms with Crippen LogP contribution in [0.4, 0.5) is 11.4 Å². The number of hydrogen-bond donors (Lipinski definition) is 1. The van der Waals surface area contributed by atoms with Crippen LogP contribution in [0.3, 0.4) is 0 Å². The van der Waals surface area contributed by atoms with Gasteiger partial charge < -0.3 is 10.6 Å². The van der Waals surface area contributed by atoms with Crippen LogP contribution in [0.5, 0.6) is 0 Å². The lowest BCUT2D eigenvalue weighted by molar-refractivity contribution is 0.0988. The number of nitrogen functional groups attached to an aromatic ring is 1. The van der Waals surface area contributed by atoms with Crippen LogP contribution in [0.15, 0.2) is 42.6 Å². The molecule has 4 heteroatoms. The Morgan fingerprint density at radius 1 is 1.22 bits per heavy atom. The summed E-state index contributed by atoms with van der Waals surface area (Å²) in [6.07, 6.45) is 1.53. The van der Waals surface area contributed by atoms with Crippen LogP contribution in [0, 0.1) is 6.92 Å². The van der Waals surface area contributed by atoms with Gasteiger partial charge >= 0.3 is 0 Å². The van der Waals surface area contributed by atoms with Crippen molar-refractivity contribution in [3.05, 3.63) is 53.9 Å². The lowest BCUT2D eigenvalue weighted by Gasteiger charge is -2.17. The highest BCUT2D eigenvalue weighted by molar-refractivity contribution is 6.04. The zero-order valence-electron chi connectivity index (χ0n) is 10.4. The normalized spacial score (nSPS) is 10.1. The van der Waals surface area contributed by atoms with Crippen molar-refractivity contribution in [3.63, 3.8) is 0 Å². The summed E-state index contributed by atoms with van der Waals surface area (Å²) >= 11 is 0. The third-order valence-corrected chi connectivity index (χ3v) is 2.73. The smallest absolute Gasteiger partial charge is 0.276 e. The molecule has 0 aliphatic heterocycles. The number of carbonyl (C=O) groups is 1. The number of pyridine rings is 1. The van der Waals surface area contributed by atoms with E-state index in [1.807, 2.05) is 31.2 Å². The number of amides is 1. The minimum atomic E-state index is -0.175. The highest BCUT2D eigenvalue weighted by Gasteiger charge is 2.14. The maximum absolute atomic E-state index is 12.2. The molecule has 92 valence electrons. The standard InChI is InChI=1S/C14H15N3O/c1-10-3-5-12(6-4-10)17(2)14(18)13-9-11(15)7-8-16-13/h3-9H,1-2H3,(H2,15,16). The molecule has 0 bridgehead atoms. The second kappa shape index (κ2) is 4.87. The van der Waals surface area contributed by atoms with Gasteiger partial charge in [0.05, 0.1) is 0 Å². The van der Waals surface area contributed by atoms with E-state index >= 15 is 0 Å². The number of nitrogens with zero attached hydrogens (tertiary/aromatic N) is 2. The van der Waals surface area contributed by atoms with Crippen molar-refractivity contribution in [3.8, 4) is 0 Å². The van der Waals surface area contributed by atoms with Crippen LogP contribution in [-0.4, -0.2) is 17.9 Å². The van der Waals surface area contributed by atoms with Crippen molar-refractivity contribution in [2.45, 2.75) is 6.92 Å². The molecule has 0 aliphatic carbocycles. The molecule has 2 aromatic rings. The number of hydrogen-bond acceptors (Lipinski definition) is 3. The summed E-state index contributed by atoms with van der Waals surface area (Å²) in [6.45, 7) is 2.01. The fourth-order valence-electron chi connectivity index (χ4n) is 1.62. The van der Waals surface area contributed by atoms with E-state index in [-0.39, 0.29) is 5.91 Å². The summed E-state index contributed by atoms with van der Waals surface area (Å²) in [5, 5.41) is 0. The van der Waals surface area contributed by atoms with Crippen LogP contribution in [0.2, 0.25) is 0 Å². The largest absolute Gasteiger partial charge is 0.399 e. The molecule has 1 aromatic heterocycles. The lowest BCUT2D eigenvalue weighted by atomic mass is 10.2. The van der Waals surface area contributed by atoms with Crippen molar-refractivity contribution in [2.75, 3.05) is 17.7 Å². The van der Waals surface area contributed by atoms with E-state index in [0.717, 1.165) is 11.3 Å². The quantitative estimate of drug-likeness (QED) is 0.877. The molecule has 0 atom stereocenters. The van der Waals surface area contributed by atoms with Crippen LogP contribution in [0.1, 0.15) is 16.1 Å². The third kappa shape index (κ3) is 2.48. The van der Waals surface area contributed by atoms with Crippen LogP contribution in [-0.2, 0) is 0 Å². The maximum atomic E-state index is 12.2. The van der Waals surface area contributed by atoms with Gasteiger partial charge in [-0.15, -0.1) is 0 Å². The number of nitrogens with two attached hydrogens (primary N) is 1. The van der Waals surface area contributed by atoms with E-state index in [4.69, 9.17) is 5.73 Å². The van der Waals surface area contributed by atoms with Crippen molar-refractivity contribution in [2.24, 2.45) is 0 Å². The van der Waals surface area contributed by atoms with Gasteiger partial charge in [-0.05, 0) is 31.2 Å².